The van der Waals surface area contributed by atoms with Crippen LogP contribution in [0.5, 0.6) is 0 Å². The molecule has 1 aliphatic heterocycles. The van der Waals surface area contributed by atoms with Crippen molar-refractivity contribution in [3.05, 3.63) is 41.6 Å². The van der Waals surface area contributed by atoms with E-state index in [-0.39, 0.29) is 0 Å². The van der Waals surface area contributed by atoms with Crippen LogP contribution in [0.15, 0.2) is 30.5 Å². The Balaban J connectivity index is 1.41. The van der Waals surface area contributed by atoms with Gasteiger partial charge in [-0.05, 0) is 62.9 Å². The summed E-state index contributed by atoms with van der Waals surface area (Å²) in [6.45, 7) is 4.66. The molecule has 0 unspecified atom stereocenters. The van der Waals surface area contributed by atoms with E-state index in [9.17, 15) is 0 Å². The van der Waals surface area contributed by atoms with Crippen LogP contribution in [0.25, 0.3) is 11.3 Å². The van der Waals surface area contributed by atoms with E-state index in [4.69, 9.17) is 4.98 Å². The highest BCUT2D eigenvalue weighted by atomic mass is 15.1. The van der Waals surface area contributed by atoms with Crippen molar-refractivity contribution < 1.29 is 0 Å². The Morgan fingerprint density at radius 1 is 1.04 bits per heavy atom. The Labute approximate surface area is 138 Å². The zero-order valence-electron chi connectivity index (χ0n) is 13.6. The number of aromatic nitrogens is 2. The van der Waals surface area contributed by atoms with Gasteiger partial charge in [0.2, 0.25) is 5.95 Å². The molecule has 1 saturated heterocycles. The van der Waals surface area contributed by atoms with Crippen molar-refractivity contribution >= 4 is 5.95 Å². The van der Waals surface area contributed by atoms with Gasteiger partial charge in [-0.1, -0.05) is 24.3 Å². The van der Waals surface area contributed by atoms with Gasteiger partial charge >= 0.3 is 0 Å². The highest BCUT2D eigenvalue weighted by Gasteiger charge is 2.18. The molecular formula is C19H24N4. The maximum atomic E-state index is 4.79. The summed E-state index contributed by atoms with van der Waals surface area (Å²) in [7, 11) is 0. The highest BCUT2D eigenvalue weighted by Crippen LogP contribution is 2.31. The van der Waals surface area contributed by atoms with E-state index in [1.54, 1.807) is 0 Å². The molecule has 0 bridgehead atoms. The van der Waals surface area contributed by atoms with Gasteiger partial charge in [-0.15, -0.1) is 0 Å². The van der Waals surface area contributed by atoms with E-state index < -0.39 is 0 Å². The maximum absolute atomic E-state index is 4.79. The summed E-state index contributed by atoms with van der Waals surface area (Å²) in [5.74, 6) is 0.766. The highest BCUT2D eigenvalue weighted by molar-refractivity contribution is 5.70. The quantitative estimate of drug-likeness (QED) is 0.862. The lowest BCUT2D eigenvalue weighted by Crippen LogP contribution is -2.22. The average molecular weight is 308 g/mol. The van der Waals surface area contributed by atoms with Crippen molar-refractivity contribution in [3.8, 4) is 11.3 Å². The molecule has 0 amide bonds. The minimum absolute atomic E-state index is 0.766. The number of anilines is 1. The number of benzene rings is 1. The van der Waals surface area contributed by atoms with Gasteiger partial charge in [0.25, 0.3) is 0 Å². The van der Waals surface area contributed by atoms with Crippen LogP contribution in [-0.4, -0.2) is 41.0 Å². The molecule has 0 atom stereocenters. The SMILES string of the molecule is c1ccc2c(c1)CCc1cnc(NCCCN3CCCC3)nc1-2. The number of likely N-dealkylation sites (tertiary alicyclic amines) is 1. The summed E-state index contributed by atoms with van der Waals surface area (Å²) in [5.41, 5.74) is 5.06. The van der Waals surface area contributed by atoms with Gasteiger partial charge in [-0.25, -0.2) is 9.97 Å². The van der Waals surface area contributed by atoms with Crippen molar-refractivity contribution in [2.24, 2.45) is 0 Å². The van der Waals surface area contributed by atoms with Crippen molar-refractivity contribution in [2.75, 3.05) is 31.5 Å². The molecule has 4 rings (SSSR count). The second-order valence-corrected chi connectivity index (χ2v) is 6.55. The molecule has 4 nitrogen and oxygen atoms in total. The molecule has 0 spiro atoms. The number of fused-ring (bicyclic) bond motifs is 3. The van der Waals surface area contributed by atoms with Crippen LogP contribution in [0.3, 0.4) is 0 Å². The van der Waals surface area contributed by atoms with Crippen LogP contribution in [-0.2, 0) is 12.8 Å². The second-order valence-electron chi connectivity index (χ2n) is 6.55. The predicted molar refractivity (Wildman–Crippen MR) is 93.7 cm³/mol. The molecule has 1 aromatic carbocycles. The van der Waals surface area contributed by atoms with Crippen LogP contribution >= 0.6 is 0 Å². The first-order valence-electron chi connectivity index (χ1n) is 8.80. The Morgan fingerprint density at radius 2 is 1.87 bits per heavy atom. The molecule has 1 aliphatic carbocycles. The summed E-state index contributed by atoms with van der Waals surface area (Å²) in [5, 5.41) is 3.40. The van der Waals surface area contributed by atoms with Gasteiger partial charge < -0.3 is 10.2 Å². The lowest BCUT2D eigenvalue weighted by Gasteiger charge is -2.19. The van der Waals surface area contributed by atoms with Crippen molar-refractivity contribution in [1.82, 2.24) is 14.9 Å². The standard InChI is InChI=1S/C19H24N4/c1-2-7-17-15(6-1)8-9-16-14-21-19(22-18(16)17)20-10-5-13-23-11-3-4-12-23/h1-2,6-7,14H,3-5,8-13H2,(H,20,21,22). The Hall–Kier alpha value is -1.94. The Kier molecular flexibility index (Phi) is 4.24. The van der Waals surface area contributed by atoms with Gasteiger partial charge in [-0.2, -0.15) is 0 Å². The van der Waals surface area contributed by atoms with Gasteiger partial charge in [0.05, 0.1) is 5.69 Å². The van der Waals surface area contributed by atoms with Crippen LogP contribution in [0, 0.1) is 0 Å². The molecule has 2 aromatic rings. The van der Waals surface area contributed by atoms with E-state index in [0.29, 0.717) is 0 Å². The molecule has 1 aromatic heterocycles. The van der Waals surface area contributed by atoms with E-state index in [0.717, 1.165) is 37.4 Å². The Morgan fingerprint density at radius 3 is 2.78 bits per heavy atom. The van der Waals surface area contributed by atoms with E-state index >= 15 is 0 Å². The summed E-state index contributed by atoms with van der Waals surface area (Å²) in [6.07, 6.45) is 8.01. The van der Waals surface area contributed by atoms with Crippen molar-refractivity contribution in [1.29, 1.82) is 0 Å². The largest absolute Gasteiger partial charge is 0.354 e. The first kappa shape index (κ1) is 14.6. The fraction of sp³-hybridized carbons (Fsp3) is 0.474. The van der Waals surface area contributed by atoms with Crippen LogP contribution in [0.1, 0.15) is 30.4 Å². The molecule has 120 valence electrons. The first-order chi connectivity index (χ1) is 11.4. The van der Waals surface area contributed by atoms with E-state index in [1.807, 2.05) is 6.20 Å². The van der Waals surface area contributed by atoms with Gasteiger partial charge in [0, 0.05) is 18.3 Å². The average Bonchev–Trinajstić information content (AvgIpc) is 3.12. The summed E-state index contributed by atoms with van der Waals surface area (Å²) < 4.78 is 0. The third-order valence-corrected chi connectivity index (χ3v) is 4.93. The lowest BCUT2D eigenvalue weighted by molar-refractivity contribution is 0.337. The molecule has 2 heterocycles. The molecule has 0 saturated carbocycles. The zero-order chi connectivity index (χ0) is 15.5. The molecule has 4 heteroatoms. The van der Waals surface area contributed by atoms with E-state index in [1.165, 1.54) is 49.2 Å². The first-order valence-corrected chi connectivity index (χ1v) is 8.80. The van der Waals surface area contributed by atoms with E-state index in [2.05, 4.69) is 39.5 Å². The van der Waals surface area contributed by atoms with Gasteiger partial charge in [0.1, 0.15) is 0 Å². The summed E-state index contributed by atoms with van der Waals surface area (Å²) >= 11 is 0. The molecule has 23 heavy (non-hydrogen) atoms. The molecular weight excluding hydrogens is 284 g/mol. The van der Waals surface area contributed by atoms with Gasteiger partial charge in [-0.3, -0.25) is 0 Å². The van der Waals surface area contributed by atoms with Crippen molar-refractivity contribution in [3.63, 3.8) is 0 Å². The predicted octanol–water partition coefficient (Wildman–Crippen LogP) is 3.14. The maximum Gasteiger partial charge on any atom is 0.223 e. The number of nitrogens with zero attached hydrogens (tertiary/aromatic N) is 3. The number of hydrogen-bond donors (Lipinski definition) is 1. The monoisotopic (exact) mass is 308 g/mol. The summed E-state index contributed by atoms with van der Waals surface area (Å²) in [4.78, 5) is 11.8. The molecule has 2 aliphatic rings. The lowest BCUT2D eigenvalue weighted by atomic mass is 9.90. The minimum atomic E-state index is 0.766. The molecule has 1 N–H and O–H groups in total. The number of aryl methyl sites for hydroxylation is 2. The third kappa shape index (κ3) is 3.22. The Bertz CT molecular complexity index is 677. The second kappa shape index (κ2) is 6.67. The number of hydrogen-bond acceptors (Lipinski definition) is 4. The normalized spacial score (nSPS) is 16.9. The fourth-order valence-corrected chi connectivity index (χ4v) is 3.66. The zero-order valence-corrected chi connectivity index (χ0v) is 13.6. The topological polar surface area (TPSA) is 41.1 Å². The van der Waals surface area contributed by atoms with Crippen LogP contribution in [0.2, 0.25) is 0 Å². The molecule has 1 fully saturated rings. The van der Waals surface area contributed by atoms with Crippen LogP contribution < -0.4 is 5.32 Å². The third-order valence-electron chi connectivity index (χ3n) is 4.93. The molecule has 0 radical (unpaired) electrons. The van der Waals surface area contributed by atoms with Crippen molar-refractivity contribution in [2.45, 2.75) is 32.1 Å². The van der Waals surface area contributed by atoms with Gasteiger partial charge in [0.15, 0.2) is 0 Å². The summed E-state index contributed by atoms with van der Waals surface area (Å²) in [6, 6.07) is 8.60. The number of nitrogens with one attached hydrogen (secondary N) is 1. The van der Waals surface area contributed by atoms with Crippen LogP contribution in [0.4, 0.5) is 5.95 Å². The number of rotatable bonds is 5. The smallest absolute Gasteiger partial charge is 0.223 e. The fourth-order valence-electron chi connectivity index (χ4n) is 3.66. The minimum Gasteiger partial charge on any atom is -0.354 e.